The summed E-state index contributed by atoms with van der Waals surface area (Å²) in [6.45, 7) is 0. The van der Waals surface area contributed by atoms with Crippen LogP contribution in [0.3, 0.4) is 0 Å². The normalized spacial score (nSPS) is 10.6. The highest BCUT2D eigenvalue weighted by atomic mass is 79.9. The number of unbranched alkanes of at least 4 members (excludes halogenated alkanes) is 3. The third kappa shape index (κ3) is 8.02. The highest BCUT2D eigenvalue weighted by molar-refractivity contribution is 9.09. The van der Waals surface area contributed by atoms with Crippen LogP contribution in [0, 0.1) is 0 Å². The van der Waals surface area contributed by atoms with Crippen molar-refractivity contribution < 1.29 is 4.74 Å². The predicted molar refractivity (Wildman–Crippen MR) is 48.4 cm³/mol. The predicted octanol–water partition coefficient (Wildman–Crippen LogP) is 3.10. The molecule has 0 heterocycles. The lowest BCUT2D eigenvalue weighted by Crippen LogP contribution is -1.76. The molecule has 0 aliphatic carbocycles. The molecule has 0 saturated carbocycles. The molecular formula is C8H15BrO. The van der Waals surface area contributed by atoms with Crippen molar-refractivity contribution in [2.45, 2.75) is 25.7 Å². The number of ether oxygens (including phenoxy) is 1. The van der Waals surface area contributed by atoms with Gasteiger partial charge in [-0.1, -0.05) is 22.4 Å². The Labute approximate surface area is 71.6 Å². The minimum atomic E-state index is 1.13. The van der Waals surface area contributed by atoms with Crippen LogP contribution in [0.1, 0.15) is 25.7 Å². The lowest BCUT2D eigenvalue weighted by Gasteiger charge is -1.92. The molecule has 0 spiro atoms. The van der Waals surface area contributed by atoms with Crippen LogP contribution in [0.4, 0.5) is 0 Å². The molecule has 0 saturated heterocycles. The van der Waals surface area contributed by atoms with Gasteiger partial charge in [-0.2, -0.15) is 0 Å². The van der Waals surface area contributed by atoms with Gasteiger partial charge in [-0.15, -0.1) is 0 Å². The van der Waals surface area contributed by atoms with E-state index in [0.717, 1.165) is 11.8 Å². The summed E-state index contributed by atoms with van der Waals surface area (Å²) in [5.41, 5.74) is 0. The van der Waals surface area contributed by atoms with Crippen molar-refractivity contribution in [3.05, 3.63) is 12.3 Å². The molecule has 0 aliphatic heterocycles. The molecule has 0 aromatic rings. The second-order valence-corrected chi connectivity index (χ2v) is 2.94. The van der Waals surface area contributed by atoms with Crippen LogP contribution in [0.25, 0.3) is 0 Å². The molecule has 0 N–H and O–H groups in total. The Morgan fingerprint density at radius 3 is 2.70 bits per heavy atom. The summed E-state index contributed by atoms with van der Waals surface area (Å²) in [7, 11) is 1.68. The van der Waals surface area contributed by atoms with Crippen LogP contribution in [0.15, 0.2) is 12.3 Å². The summed E-state index contributed by atoms with van der Waals surface area (Å²) in [4.78, 5) is 0. The van der Waals surface area contributed by atoms with E-state index in [1.807, 2.05) is 0 Å². The highest BCUT2D eigenvalue weighted by Crippen LogP contribution is 2.02. The van der Waals surface area contributed by atoms with Crippen molar-refractivity contribution in [2.75, 3.05) is 12.4 Å². The van der Waals surface area contributed by atoms with Gasteiger partial charge >= 0.3 is 0 Å². The summed E-state index contributed by atoms with van der Waals surface area (Å²) in [5.74, 6) is 0. The summed E-state index contributed by atoms with van der Waals surface area (Å²) in [6, 6.07) is 0. The summed E-state index contributed by atoms with van der Waals surface area (Å²) in [6.07, 6.45) is 8.80. The van der Waals surface area contributed by atoms with Gasteiger partial charge in [0.2, 0.25) is 0 Å². The van der Waals surface area contributed by atoms with Crippen molar-refractivity contribution in [1.82, 2.24) is 0 Å². The monoisotopic (exact) mass is 206 g/mol. The average molecular weight is 207 g/mol. The first kappa shape index (κ1) is 10.0. The van der Waals surface area contributed by atoms with Gasteiger partial charge in [-0.3, -0.25) is 0 Å². The first-order valence-electron chi connectivity index (χ1n) is 3.65. The molecule has 0 bridgehead atoms. The summed E-state index contributed by atoms with van der Waals surface area (Å²) >= 11 is 3.39. The molecule has 10 heavy (non-hydrogen) atoms. The van der Waals surface area contributed by atoms with Gasteiger partial charge in [0.15, 0.2) is 0 Å². The lowest BCUT2D eigenvalue weighted by atomic mass is 10.2. The fraction of sp³-hybridized carbons (Fsp3) is 0.750. The van der Waals surface area contributed by atoms with E-state index in [1.54, 1.807) is 13.4 Å². The molecule has 0 radical (unpaired) electrons. The van der Waals surface area contributed by atoms with E-state index in [0.29, 0.717) is 0 Å². The molecule has 0 aliphatic rings. The maximum absolute atomic E-state index is 4.76. The molecule has 0 unspecified atom stereocenters. The zero-order valence-electron chi connectivity index (χ0n) is 6.48. The smallest absolute Gasteiger partial charge is 0.0784 e. The van der Waals surface area contributed by atoms with Crippen LogP contribution < -0.4 is 0 Å². The number of alkyl halides is 1. The molecule has 1 nitrogen and oxygen atoms in total. The number of hydrogen-bond donors (Lipinski definition) is 0. The Kier molecular flexibility index (Phi) is 9.04. The maximum Gasteiger partial charge on any atom is 0.0784 e. The van der Waals surface area contributed by atoms with Gasteiger partial charge in [-0.25, -0.2) is 0 Å². The van der Waals surface area contributed by atoms with E-state index in [4.69, 9.17) is 4.74 Å². The van der Waals surface area contributed by atoms with Crippen LogP contribution in [0.2, 0.25) is 0 Å². The van der Waals surface area contributed by atoms with Crippen LogP contribution in [-0.4, -0.2) is 12.4 Å². The molecular weight excluding hydrogens is 192 g/mol. The van der Waals surface area contributed by atoms with Crippen molar-refractivity contribution in [3.63, 3.8) is 0 Å². The van der Waals surface area contributed by atoms with E-state index < -0.39 is 0 Å². The van der Waals surface area contributed by atoms with Crippen molar-refractivity contribution in [1.29, 1.82) is 0 Å². The fourth-order valence-corrected chi connectivity index (χ4v) is 1.09. The number of allylic oxidation sites excluding steroid dienone is 1. The minimum absolute atomic E-state index is 1.13. The Balaban J connectivity index is 2.83. The van der Waals surface area contributed by atoms with Crippen molar-refractivity contribution >= 4 is 15.9 Å². The summed E-state index contributed by atoms with van der Waals surface area (Å²) < 4.78 is 4.76. The van der Waals surface area contributed by atoms with Crippen LogP contribution in [0.5, 0.6) is 0 Å². The van der Waals surface area contributed by atoms with Gasteiger partial charge in [-0.05, 0) is 25.3 Å². The summed E-state index contributed by atoms with van der Waals surface area (Å²) in [5, 5.41) is 1.13. The molecule has 0 atom stereocenters. The SMILES string of the molecule is CO/C=C/CCCCCBr. The Morgan fingerprint density at radius 1 is 1.30 bits per heavy atom. The Hall–Kier alpha value is 0.0200. The van der Waals surface area contributed by atoms with Gasteiger partial charge in [0.1, 0.15) is 0 Å². The minimum Gasteiger partial charge on any atom is -0.505 e. The number of methoxy groups -OCH3 is 1. The maximum atomic E-state index is 4.76. The van der Waals surface area contributed by atoms with E-state index in [-0.39, 0.29) is 0 Å². The largest absolute Gasteiger partial charge is 0.505 e. The van der Waals surface area contributed by atoms with Crippen LogP contribution in [-0.2, 0) is 4.74 Å². The number of hydrogen-bond acceptors (Lipinski definition) is 1. The van der Waals surface area contributed by atoms with E-state index in [1.165, 1.54) is 19.3 Å². The first-order chi connectivity index (χ1) is 4.91. The molecule has 2 heteroatoms. The first-order valence-corrected chi connectivity index (χ1v) is 4.77. The average Bonchev–Trinajstić information content (AvgIpc) is 1.97. The quantitative estimate of drug-likeness (QED) is 0.369. The Bertz CT molecular complexity index is 81.3. The number of halogens is 1. The zero-order chi connectivity index (χ0) is 7.66. The third-order valence-electron chi connectivity index (χ3n) is 1.24. The fourth-order valence-electron chi connectivity index (χ4n) is 0.698. The van der Waals surface area contributed by atoms with Crippen LogP contribution >= 0.6 is 15.9 Å². The topological polar surface area (TPSA) is 9.23 Å². The molecule has 60 valence electrons. The van der Waals surface area contributed by atoms with Gasteiger partial charge < -0.3 is 4.74 Å². The second kappa shape index (κ2) is 9.02. The molecule has 0 amide bonds. The zero-order valence-corrected chi connectivity index (χ0v) is 8.06. The van der Waals surface area contributed by atoms with Gasteiger partial charge in [0.25, 0.3) is 0 Å². The number of rotatable bonds is 6. The molecule has 0 aromatic carbocycles. The second-order valence-electron chi connectivity index (χ2n) is 2.15. The molecule has 0 rings (SSSR count). The molecule has 0 fully saturated rings. The highest BCUT2D eigenvalue weighted by Gasteiger charge is 1.83. The standard InChI is InChI=1S/C8H15BrO/c1-10-8-6-4-2-3-5-7-9/h6,8H,2-5,7H2,1H3/b8-6+. The van der Waals surface area contributed by atoms with Crippen molar-refractivity contribution in [3.8, 4) is 0 Å². The van der Waals surface area contributed by atoms with E-state index in [9.17, 15) is 0 Å². The third-order valence-corrected chi connectivity index (χ3v) is 1.80. The lowest BCUT2D eigenvalue weighted by molar-refractivity contribution is 0.336. The van der Waals surface area contributed by atoms with Crippen molar-refractivity contribution in [2.24, 2.45) is 0 Å². The van der Waals surface area contributed by atoms with E-state index >= 15 is 0 Å². The van der Waals surface area contributed by atoms with E-state index in [2.05, 4.69) is 22.0 Å². The van der Waals surface area contributed by atoms with Gasteiger partial charge in [0, 0.05) is 5.33 Å². The van der Waals surface area contributed by atoms with Gasteiger partial charge in [0.05, 0.1) is 13.4 Å². The molecule has 0 aromatic heterocycles. The Morgan fingerprint density at radius 2 is 2.10 bits per heavy atom.